The van der Waals surface area contributed by atoms with Crippen LogP contribution in [-0.4, -0.2) is 54.6 Å². The third-order valence-corrected chi connectivity index (χ3v) is 7.57. The molecule has 0 saturated heterocycles. The van der Waals surface area contributed by atoms with Crippen LogP contribution in [-0.2, 0) is 41.1 Å². The highest BCUT2D eigenvalue weighted by Gasteiger charge is 2.27. The second-order valence-corrected chi connectivity index (χ2v) is 11.0. The average molecular weight is 524 g/mol. The molecule has 0 aromatic heterocycles. The van der Waals surface area contributed by atoms with Crippen molar-refractivity contribution in [2.24, 2.45) is 0 Å². The Bertz CT molecular complexity index is 1020. The zero-order valence-electron chi connectivity index (χ0n) is 19.7. The van der Waals surface area contributed by atoms with E-state index in [9.17, 15) is 23.8 Å². The van der Waals surface area contributed by atoms with Gasteiger partial charge in [-0.15, -0.1) is 11.8 Å². The van der Waals surface area contributed by atoms with Crippen LogP contribution in [0.3, 0.4) is 0 Å². The van der Waals surface area contributed by atoms with Gasteiger partial charge in [-0.25, -0.2) is 9.59 Å². The van der Waals surface area contributed by atoms with Gasteiger partial charge in [0.15, 0.2) is 0 Å². The van der Waals surface area contributed by atoms with Gasteiger partial charge in [0.05, 0.1) is 19.5 Å². The van der Waals surface area contributed by atoms with Gasteiger partial charge in [-0.05, 0) is 36.6 Å². The topological polar surface area (TPSA) is 128 Å². The molecule has 0 saturated carbocycles. The molecule has 0 aliphatic heterocycles. The van der Waals surface area contributed by atoms with Crippen molar-refractivity contribution in [3.63, 3.8) is 0 Å². The van der Waals surface area contributed by atoms with Crippen LogP contribution in [0.1, 0.15) is 24.5 Å². The first-order valence-corrected chi connectivity index (χ1v) is 14.0. The Morgan fingerprint density at radius 1 is 1.03 bits per heavy atom. The van der Waals surface area contributed by atoms with Gasteiger partial charge in [0.2, 0.25) is 7.37 Å². The summed E-state index contributed by atoms with van der Waals surface area (Å²) in [4.78, 5) is 47.0. The van der Waals surface area contributed by atoms with E-state index in [2.05, 4.69) is 5.32 Å². The van der Waals surface area contributed by atoms with Crippen molar-refractivity contribution in [2.75, 3.05) is 25.6 Å². The summed E-state index contributed by atoms with van der Waals surface area (Å²) in [5.74, 6) is -0.856. The molecule has 0 heterocycles. The molecular weight excluding hydrogens is 493 g/mol. The maximum Gasteiger partial charge on any atom is 0.408 e. The minimum absolute atomic E-state index is 0.0210. The second kappa shape index (κ2) is 14.6. The smallest absolute Gasteiger partial charge is 0.408 e. The van der Waals surface area contributed by atoms with Gasteiger partial charge in [0.25, 0.3) is 0 Å². The van der Waals surface area contributed by atoms with Crippen molar-refractivity contribution in [3.8, 4) is 0 Å². The summed E-state index contributed by atoms with van der Waals surface area (Å²) in [7, 11) is -2.49. The molecule has 1 amide bonds. The molecule has 0 aliphatic rings. The van der Waals surface area contributed by atoms with E-state index in [1.54, 1.807) is 43.3 Å². The number of benzene rings is 2. The Morgan fingerprint density at radius 3 is 2.34 bits per heavy atom. The quantitative estimate of drug-likeness (QED) is 0.173. The molecule has 2 aromatic rings. The third-order valence-electron chi connectivity index (χ3n) is 4.77. The minimum atomic E-state index is -3.66. The van der Waals surface area contributed by atoms with Crippen LogP contribution in [0.2, 0.25) is 0 Å². The number of esters is 2. The van der Waals surface area contributed by atoms with Crippen molar-refractivity contribution in [1.29, 1.82) is 0 Å². The van der Waals surface area contributed by atoms with Crippen LogP contribution >= 0.6 is 19.1 Å². The number of nitrogens with one attached hydrogen (secondary N) is 1. The summed E-state index contributed by atoms with van der Waals surface area (Å²) >= 11 is 1.31. The Kier molecular flexibility index (Phi) is 11.8. The van der Waals surface area contributed by atoms with E-state index in [1.807, 2.05) is 18.2 Å². The second-order valence-electron chi connectivity index (χ2n) is 7.54. The number of hydrogen-bond acceptors (Lipinski definition) is 8. The van der Waals surface area contributed by atoms with Crippen LogP contribution < -0.4 is 5.32 Å². The summed E-state index contributed by atoms with van der Waals surface area (Å²) in [5, 5.41) is 2.41. The molecule has 0 aliphatic carbocycles. The van der Waals surface area contributed by atoms with Gasteiger partial charge in [-0.2, -0.15) is 0 Å². The van der Waals surface area contributed by atoms with Gasteiger partial charge in [-0.1, -0.05) is 42.5 Å². The number of amides is 1. The summed E-state index contributed by atoms with van der Waals surface area (Å²) in [6.07, 6.45) is -1.21. The molecule has 2 rings (SSSR count). The van der Waals surface area contributed by atoms with Crippen molar-refractivity contribution in [1.82, 2.24) is 5.32 Å². The first-order chi connectivity index (χ1) is 16.7. The zero-order valence-corrected chi connectivity index (χ0v) is 21.4. The average Bonchev–Trinajstić information content (AvgIpc) is 2.85. The minimum Gasteiger partial charge on any atom is -0.467 e. The van der Waals surface area contributed by atoms with Crippen LogP contribution in [0.25, 0.3) is 0 Å². The molecule has 0 spiro atoms. The monoisotopic (exact) mass is 523 g/mol. The number of hydrogen-bond donors (Lipinski definition) is 2. The van der Waals surface area contributed by atoms with E-state index in [-0.39, 0.29) is 37.1 Å². The van der Waals surface area contributed by atoms with E-state index in [4.69, 9.17) is 14.2 Å². The summed E-state index contributed by atoms with van der Waals surface area (Å²) < 4.78 is 27.5. The number of carbonyl (C=O) groups excluding carboxylic acids is 3. The molecule has 0 bridgehead atoms. The highest BCUT2D eigenvalue weighted by atomic mass is 32.2. The number of thioether (sulfide) groups is 1. The molecule has 2 atom stereocenters. The molecule has 0 fully saturated rings. The van der Waals surface area contributed by atoms with Crippen molar-refractivity contribution < 1.29 is 38.1 Å². The van der Waals surface area contributed by atoms with E-state index in [0.29, 0.717) is 12.2 Å². The highest BCUT2D eigenvalue weighted by molar-refractivity contribution is 8.00. The number of alkyl carbamates (subject to hydrolysis) is 1. The molecule has 35 heavy (non-hydrogen) atoms. The predicted octanol–water partition coefficient (Wildman–Crippen LogP) is 3.97. The lowest BCUT2D eigenvalue weighted by Gasteiger charge is -2.18. The molecule has 0 radical (unpaired) electrons. The highest BCUT2D eigenvalue weighted by Crippen LogP contribution is 2.45. The summed E-state index contributed by atoms with van der Waals surface area (Å²) in [5.41, 5.74) is 1.42. The Hall–Kier alpha value is -2.81. The summed E-state index contributed by atoms with van der Waals surface area (Å²) in [6.45, 7) is 2.09. The van der Waals surface area contributed by atoms with E-state index in [0.717, 1.165) is 10.5 Å². The predicted molar refractivity (Wildman–Crippen MR) is 132 cm³/mol. The number of ether oxygens (including phenoxy) is 3. The fraction of sp³-hybridized carbons (Fsp3) is 0.375. The molecule has 2 N–H and O–H groups in total. The van der Waals surface area contributed by atoms with E-state index >= 15 is 0 Å². The van der Waals surface area contributed by atoms with Gasteiger partial charge in [-0.3, -0.25) is 9.36 Å². The normalized spacial score (nSPS) is 13.2. The third kappa shape index (κ3) is 11.0. The van der Waals surface area contributed by atoms with E-state index < -0.39 is 25.5 Å². The van der Waals surface area contributed by atoms with Gasteiger partial charge >= 0.3 is 18.0 Å². The molecule has 11 heteroatoms. The Labute approximate surface area is 209 Å². The maximum absolute atomic E-state index is 12.8. The molecular formula is C24H30NO8PS. The lowest BCUT2D eigenvalue weighted by atomic mass is 10.2. The Balaban J connectivity index is 1.86. The van der Waals surface area contributed by atoms with E-state index in [1.165, 1.54) is 18.9 Å². The first-order valence-electron chi connectivity index (χ1n) is 11.0. The Morgan fingerprint density at radius 2 is 1.71 bits per heavy atom. The number of rotatable bonds is 13. The van der Waals surface area contributed by atoms with Gasteiger partial charge in [0, 0.05) is 17.2 Å². The lowest BCUT2D eigenvalue weighted by Crippen LogP contribution is -2.42. The SMILES string of the molecule is CCOC(=O)CSc1ccc(CP(=O)(O)CCC(NC(=O)OCc2ccccc2)C(=O)OC)cc1. The molecule has 2 aromatic carbocycles. The van der Waals surface area contributed by atoms with Gasteiger partial charge < -0.3 is 24.4 Å². The first kappa shape index (κ1) is 28.4. The van der Waals surface area contributed by atoms with Crippen molar-refractivity contribution >= 4 is 37.2 Å². The van der Waals surface area contributed by atoms with Crippen LogP contribution in [0.15, 0.2) is 59.5 Å². The standard InChI is InChI=1S/C24H30NO8PS/c1-3-32-22(26)17-35-20-11-9-19(10-12-20)16-34(29,30)14-13-21(23(27)31-2)25-24(28)33-15-18-7-5-4-6-8-18/h4-12,21H,3,13-17H2,1-2H3,(H,25,28)(H,29,30). The van der Waals surface area contributed by atoms with Crippen molar-refractivity contribution in [3.05, 3.63) is 65.7 Å². The largest absolute Gasteiger partial charge is 0.467 e. The molecule has 9 nitrogen and oxygen atoms in total. The molecule has 2 unspecified atom stereocenters. The van der Waals surface area contributed by atoms with Crippen LogP contribution in [0.5, 0.6) is 0 Å². The number of methoxy groups -OCH3 is 1. The molecule has 190 valence electrons. The zero-order chi connectivity index (χ0) is 25.7. The fourth-order valence-electron chi connectivity index (χ4n) is 3.03. The lowest BCUT2D eigenvalue weighted by molar-refractivity contribution is -0.143. The fourth-order valence-corrected chi connectivity index (χ4v) is 5.33. The van der Waals surface area contributed by atoms with Crippen LogP contribution in [0, 0.1) is 0 Å². The summed E-state index contributed by atoms with van der Waals surface area (Å²) in [6, 6.07) is 14.9. The number of carbonyl (C=O) groups is 3. The van der Waals surface area contributed by atoms with Gasteiger partial charge in [0.1, 0.15) is 12.6 Å². The maximum atomic E-state index is 12.8. The van der Waals surface area contributed by atoms with Crippen LogP contribution in [0.4, 0.5) is 4.79 Å². The van der Waals surface area contributed by atoms with Crippen molar-refractivity contribution in [2.45, 2.75) is 37.1 Å².